The van der Waals surface area contributed by atoms with Crippen molar-refractivity contribution in [1.82, 2.24) is 9.38 Å². The fourth-order valence-electron chi connectivity index (χ4n) is 1.73. The number of hydrogen-bond donors (Lipinski definition) is 1. The zero-order valence-corrected chi connectivity index (χ0v) is 11.3. The molecule has 0 aliphatic rings. The second kappa shape index (κ2) is 5.88. The van der Waals surface area contributed by atoms with Crippen LogP contribution < -0.4 is 5.56 Å². The van der Waals surface area contributed by atoms with Crippen LogP contribution in [0.5, 0.6) is 0 Å². The molecule has 19 heavy (non-hydrogen) atoms. The molecule has 0 spiro atoms. The van der Waals surface area contributed by atoms with Crippen LogP contribution in [-0.2, 0) is 10.5 Å². The molecule has 5 nitrogen and oxygen atoms in total. The van der Waals surface area contributed by atoms with Crippen LogP contribution in [0.2, 0.25) is 0 Å². The molecule has 1 atom stereocenters. The predicted octanol–water partition coefficient (Wildman–Crippen LogP) is 1.79. The number of aromatic nitrogens is 2. The second-order valence-corrected chi connectivity index (χ2v) is 5.25. The van der Waals surface area contributed by atoms with Crippen molar-refractivity contribution in [1.29, 1.82) is 0 Å². The molecule has 0 saturated heterocycles. The quantitative estimate of drug-likeness (QED) is 0.902. The highest BCUT2D eigenvalue weighted by Gasteiger charge is 2.15. The van der Waals surface area contributed by atoms with Gasteiger partial charge in [0, 0.05) is 18.0 Å². The maximum Gasteiger partial charge on any atom is 0.316 e. The first-order valence-corrected chi connectivity index (χ1v) is 6.98. The summed E-state index contributed by atoms with van der Waals surface area (Å²) >= 11 is 1.29. The molecule has 0 aromatic carbocycles. The first-order valence-electron chi connectivity index (χ1n) is 5.93. The molecule has 0 aliphatic carbocycles. The van der Waals surface area contributed by atoms with Gasteiger partial charge in [-0.1, -0.05) is 13.0 Å². The van der Waals surface area contributed by atoms with E-state index in [1.165, 1.54) is 22.2 Å². The van der Waals surface area contributed by atoms with Crippen molar-refractivity contribution in [3.8, 4) is 0 Å². The molecular formula is C13H14N2O3S. The Hall–Kier alpha value is -1.82. The summed E-state index contributed by atoms with van der Waals surface area (Å²) in [6.07, 6.45) is 2.21. The van der Waals surface area contributed by atoms with Crippen LogP contribution >= 0.6 is 11.8 Å². The standard InChI is InChI=1S/C13H14N2O3S/c1-2-10(13(17)18)19-8-9-7-12(16)15-6-4-3-5-11(15)14-9/h3-7,10H,2,8H2,1H3,(H,17,18). The van der Waals surface area contributed by atoms with Crippen molar-refractivity contribution in [3.05, 3.63) is 46.5 Å². The van der Waals surface area contributed by atoms with E-state index < -0.39 is 11.2 Å². The summed E-state index contributed by atoms with van der Waals surface area (Å²) in [5.41, 5.74) is 1.04. The molecule has 0 fully saturated rings. The molecule has 0 saturated carbocycles. The Morgan fingerprint density at radius 2 is 2.32 bits per heavy atom. The highest BCUT2D eigenvalue weighted by atomic mass is 32.2. The summed E-state index contributed by atoms with van der Waals surface area (Å²) in [7, 11) is 0. The topological polar surface area (TPSA) is 71.7 Å². The van der Waals surface area contributed by atoms with Crippen LogP contribution in [-0.4, -0.2) is 25.7 Å². The third-order valence-electron chi connectivity index (χ3n) is 2.70. The second-order valence-electron chi connectivity index (χ2n) is 4.06. The van der Waals surface area contributed by atoms with Crippen molar-refractivity contribution in [3.63, 3.8) is 0 Å². The molecule has 1 unspecified atom stereocenters. The SMILES string of the molecule is CCC(SCc1cc(=O)n2ccccc2n1)C(=O)O. The number of rotatable bonds is 5. The zero-order valence-electron chi connectivity index (χ0n) is 10.4. The third kappa shape index (κ3) is 3.14. The highest BCUT2D eigenvalue weighted by Crippen LogP contribution is 2.19. The van der Waals surface area contributed by atoms with Crippen LogP contribution in [0.3, 0.4) is 0 Å². The van der Waals surface area contributed by atoms with Gasteiger partial charge in [0.25, 0.3) is 5.56 Å². The number of carbonyl (C=O) groups is 1. The summed E-state index contributed by atoms with van der Waals surface area (Å²) in [5, 5.41) is 8.51. The minimum Gasteiger partial charge on any atom is -0.480 e. The van der Waals surface area contributed by atoms with E-state index in [-0.39, 0.29) is 5.56 Å². The van der Waals surface area contributed by atoms with Crippen molar-refractivity contribution in [2.75, 3.05) is 0 Å². The highest BCUT2D eigenvalue weighted by molar-refractivity contribution is 7.99. The number of fused-ring (bicyclic) bond motifs is 1. The zero-order chi connectivity index (χ0) is 13.8. The largest absolute Gasteiger partial charge is 0.480 e. The van der Waals surface area contributed by atoms with Crippen molar-refractivity contribution < 1.29 is 9.90 Å². The summed E-state index contributed by atoms with van der Waals surface area (Å²) in [6.45, 7) is 1.83. The normalized spacial score (nSPS) is 12.5. The van der Waals surface area contributed by atoms with Gasteiger partial charge in [-0.15, -0.1) is 11.8 Å². The first kappa shape index (κ1) is 13.6. The summed E-state index contributed by atoms with van der Waals surface area (Å²) in [4.78, 5) is 27.1. The molecule has 2 aromatic rings. The van der Waals surface area contributed by atoms with Crippen molar-refractivity contribution in [2.24, 2.45) is 0 Å². The number of thioether (sulfide) groups is 1. The average molecular weight is 278 g/mol. The van der Waals surface area contributed by atoms with E-state index in [9.17, 15) is 9.59 Å². The van der Waals surface area contributed by atoms with E-state index in [2.05, 4.69) is 4.98 Å². The number of carboxylic acid groups (broad SMARTS) is 1. The van der Waals surface area contributed by atoms with E-state index in [0.717, 1.165) is 0 Å². The van der Waals surface area contributed by atoms with Gasteiger partial charge in [-0.3, -0.25) is 14.0 Å². The Balaban J connectivity index is 2.22. The Bertz CT molecular complexity index is 654. The molecule has 0 aliphatic heterocycles. The summed E-state index contributed by atoms with van der Waals surface area (Å²) in [5.74, 6) is -0.407. The lowest BCUT2D eigenvalue weighted by atomic mass is 10.3. The van der Waals surface area contributed by atoms with E-state index in [4.69, 9.17) is 5.11 Å². The van der Waals surface area contributed by atoms with Gasteiger partial charge in [-0.25, -0.2) is 4.98 Å². The molecule has 2 heterocycles. The molecular weight excluding hydrogens is 264 g/mol. The fourth-order valence-corrected chi connectivity index (χ4v) is 2.62. The number of carboxylic acids is 1. The van der Waals surface area contributed by atoms with E-state index >= 15 is 0 Å². The Kier molecular flexibility index (Phi) is 4.21. The first-order chi connectivity index (χ1) is 9.11. The van der Waals surface area contributed by atoms with Crippen LogP contribution in [0.15, 0.2) is 35.3 Å². The molecule has 100 valence electrons. The lowest BCUT2D eigenvalue weighted by Gasteiger charge is -2.09. The maximum atomic E-state index is 11.8. The van der Waals surface area contributed by atoms with Crippen LogP contribution in [0.4, 0.5) is 0 Å². The monoisotopic (exact) mass is 278 g/mol. The molecule has 2 rings (SSSR count). The average Bonchev–Trinajstić information content (AvgIpc) is 2.39. The minimum atomic E-state index is -0.829. The van der Waals surface area contributed by atoms with Gasteiger partial charge >= 0.3 is 5.97 Å². The van der Waals surface area contributed by atoms with Crippen LogP contribution in [0.1, 0.15) is 19.0 Å². The molecule has 6 heteroatoms. The van der Waals surface area contributed by atoms with Gasteiger partial charge in [0.15, 0.2) is 0 Å². The molecule has 2 aromatic heterocycles. The predicted molar refractivity (Wildman–Crippen MR) is 74.5 cm³/mol. The van der Waals surface area contributed by atoms with Gasteiger partial charge in [0.05, 0.1) is 5.69 Å². The van der Waals surface area contributed by atoms with Gasteiger partial charge in [-0.2, -0.15) is 0 Å². The lowest BCUT2D eigenvalue weighted by Crippen LogP contribution is -2.17. The lowest BCUT2D eigenvalue weighted by molar-refractivity contribution is -0.136. The minimum absolute atomic E-state index is 0.149. The Labute approximate surface area is 114 Å². The number of pyridine rings is 1. The third-order valence-corrected chi connectivity index (χ3v) is 4.10. The van der Waals surface area contributed by atoms with E-state index in [1.54, 1.807) is 18.3 Å². The van der Waals surface area contributed by atoms with E-state index in [1.807, 2.05) is 13.0 Å². The molecule has 0 amide bonds. The van der Waals surface area contributed by atoms with Crippen LogP contribution in [0.25, 0.3) is 5.65 Å². The van der Waals surface area contributed by atoms with Gasteiger partial charge in [0.2, 0.25) is 0 Å². The van der Waals surface area contributed by atoms with Crippen molar-refractivity contribution in [2.45, 2.75) is 24.3 Å². The van der Waals surface area contributed by atoms with Gasteiger partial charge < -0.3 is 5.11 Å². The van der Waals surface area contributed by atoms with Crippen LogP contribution in [0, 0.1) is 0 Å². The molecule has 1 N–H and O–H groups in total. The number of nitrogens with zero attached hydrogens (tertiary/aromatic N) is 2. The number of aliphatic carboxylic acids is 1. The van der Waals surface area contributed by atoms with Gasteiger partial charge in [0.1, 0.15) is 10.9 Å². The Morgan fingerprint density at radius 1 is 1.53 bits per heavy atom. The maximum absolute atomic E-state index is 11.8. The van der Waals surface area contributed by atoms with Gasteiger partial charge in [-0.05, 0) is 18.6 Å². The Morgan fingerprint density at radius 3 is 3.00 bits per heavy atom. The summed E-state index contributed by atoms with van der Waals surface area (Å²) < 4.78 is 1.46. The fraction of sp³-hybridized carbons (Fsp3) is 0.308. The summed E-state index contributed by atoms with van der Waals surface area (Å²) in [6, 6.07) is 6.78. The van der Waals surface area contributed by atoms with Crippen molar-refractivity contribution >= 4 is 23.4 Å². The molecule has 0 bridgehead atoms. The molecule has 0 radical (unpaired) electrons. The smallest absolute Gasteiger partial charge is 0.316 e. The van der Waals surface area contributed by atoms with E-state index in [0.29, 0.717) is 23.5 Å². The number of hydrogen-bond acceptors (Lipinski definition) is 4.